The SMILES string of the molecule is CNCc1c(Cl)cccc1N(C)CC(C)C(=O)NC. The number of nitrogens with zero attached hydrogens (tertiary/aromatic N) is 1. The van der Waals surface area contributed by atoms with Crippen LogP contribution in [-0.2, 0) is 11.3 Å². The Balaban J connectivity index is 2.90. The Morgan fingerprint density at radius 3 is 2.68 bits per heavy atom. The van der Waals surface area contributed by atoms with Crippen LogP contribution in [0.15, 0.2) is 18.2 Å². The van der Waals surface area contributed by atoms with Gasteiger partial charge in [-0.15, -0.1) is 0 Å². The summed E-state index contributed by atoms with van der Waals surface area (Å²) in [4.78, 5) is 13.6. The number of carbonyl (C=O) groups is 1. The van der Waals surface area contributed by atoms with Crippen molar-refractivity contribution in [3.63, 3.8) is 0 Å². The molecule has 2 N–H and O–H groups in total. The summed E-state index contributed by atoms with van der Waals surface area (Å²) < 4.78 is 0. The standard InChI is InChI=1S/C14H22ClN3O/c1-10(14(19)17-3)9-18(4)13-7-5-6-12(15)11(13)8-16-2/h5-7,10,16H,8-9H2,1-4H3,(H,17,19). The highest BCUT2D eigenvalue weighted by Crippen LogP contribution is 2.27. The topological polar surface area (TPSA) is 44.4 Å². The van der Waals surface area contributed by atoms with E-state index >= 15 is 0 Å². The van der Waals surface area contributed by atoms with E-state index in [-0.39, 0.29) is 11.8 Å². The maximum atomic E-state index is 11.6. The molecular formula is C14H22ClN3O. The van der Waals surface area contributed by atoms with Gasteiger partial charge in [-0.25, -0.2) is 0 Å². The van der Waals surface area contributed by atoms with Gasteiger partial charge in [0, 0.05) is 43.5 Å². The molecule has 1 unspecified atom stereocenters. The van der Waals surface area contributed by atoms with Crippen molar-refractivity contribution in [2.24, 2.45) is 5.92 Å². The van der Waals surface area contributed by atoms with Crippen molar-refractivity contribution in [3.8, 4) is 0 Å². The van der Waals surface area contributed by atoms with E-state index in [0.717, 1.165) is 16.3 Å². The normalized spacial score (nSPS) is 12.1. The molecule has 1 amide bonds. The van der Waals surface area contributed by atoms with Crippen molar-refractivity contribution >= 4 is 23.2 Å². The fourth-order valence-electron chi connectivity index (χ4n) is 2.10. The van der Waals surface area contributed by atoms with Gasteiger partial charge in [-0.1, -0.05) is 24.6 Å². The second kappa shape index (κ2) is 7.36. The Morgan fingerprint density at radius 2 is 2.11 bits per heavy atom. The molecule has 0 aromatic heterocycles. The molecule has 0 spiro atoms. The van der Waals surface area contributed by atoms with Crippen molar-refractivity contribution in [1.29, 1.82) is 0 Å². The average molecular weight is 284 g/mol. The van der Waals surface area contributed by atoms with Gasteiger partial charge < -0.3 is 15.5 Å². The average Bonchev–Trinajstić information content (AvgIpc) is 2.40. The van der Waals surface area contributed by atoms with E-state index in [9.17, 15) is 4.79 Å². The van der Waals surface area contributed by atoms with Gasteiger partial charge in [-0.05, 0) is 19.2 Å². The zero-order valence-corrected chi connectivity index (χ0v) is 12.7. The second-order valence-corrected chi connectivity index (χ2v) is 5.07. The molecule has 1 aromatic rings. The number of anilines is 1. The number of nitrogens with one attached hydrogen (secondary N) is 2. The summed E-state index contributed by atoms with van der Waals surface area (Å²) in [5, 5.41) is 6.53. The van der Waals surface area contributed by atoms with Crippen molar-refractivity contribution in [2.75, 3.05) is 32.6 Å². The predicted octanol–water partition coefficient (Wildman–Crippen LogP) is 1.88. The van der Waals surface area contributed by atoms with Gasteiger partial charge in [0.2, 0.25) is 5.91 Å². The van der Waals surface area contributed by atoms with Crippen molar-refractivity contribution in [2.45, 2.75) is 13.5 Å². The molecule has 1 atom stereocenters. The molecule has 0 aliphatic carbocycles. The lowest BCUT2D eigenvalue weighted by Gasteiger charge is -2.25. The van der Waals surface area contributed by atoms with Crippen LogP contribution >= 0.6 is 11.6 Å². The monoisotopic (exact) mass is 283 g/mol. The molecule has 0 aliphatic rings. The number of rotatable bonds is 6. The van der Waals surface area contributed by atoms with Gasteiger partial charge in [-0.2, -0.15) is 0 Å². The first-order valence-electron chi connectivity index (χ1n) is 6.36. The summed E-state index contributed by atoms with van der Waals surface area (Å²) in [7, 11) is 5.52. The van der Waals surface area contributed by atoms with Crippen molar-refractivity contribution in [3.05, 3.63) is 28.8 Å². The lowest BCUT2D eigenvalue weighted by atomic mass is 10.1. The Hall–Kier alpha value is -1.26. The van der Waals surface area contributed by atoms with Gasteiger partial charge >= 0.3 is 0 Å². The molecular weight excluding hydrogens is 262 g/mol. The van der Waals surface area contributed by atoms with Crippen LogP contribution in [0.1, 0.15) is 12.5 Å². The molecule has 0 aliphatic heterocycles. The third kappa shape index (κ3) is 4.11. The lowest BCUT2D eigenvalue weighted by molar-refractivity contribution is -0.123. The highest BCUT2D eigenvalue weighted by atomic mass is 35.5. The minimum Gasteiger partial charge on any atom is -0.374 e. The fraction of sp³-hybridized carbons (Fsp3) is 0.500. The third-order valence-corrected chi connectivity index (χ3v) is 3.45. The number of amides is 1. The lowest BCUT2D eigenvalue weighted by Crippen LogP contribution is -2.34. The minimum absolute atomic E-state index is 0.0454. The highest BCUT2D eigenvalue weighted by Gasteiger charge is 2.16. The first kappa shape index (κ1) is 15.8. The molecule has 1 aromatic carbocycles. The van der Waals surface area contributed by atoms with Gasteiger partial charge in [0.05, 0.1) is 5.92 Å². The van der Waals surface area contributed by atoms with Crippen molar-refractivity contribution < 1.29 is 4.79 Å². The van der Waals surface area contributed by atoms with Gasteiger partial charge in [-0.3, -0.25) is 4.79 Å². The Morgan fingerprint density at radius 1 is 1.42 bits per heavy atom. The Labute approximate surface area is 120 Å². The summed E-state index contributed by atoms with van der Waals surface area (Å²) in [6.07, 6.45) is 0. The Kier molecular flexibility index (Phi) is 6.12. The fourth-order valence-corrected chi connectivity index (χ4v) is 2.33. The van der Waals surface area contributed by atoms with E-state index in [4.69, 9.17) is 11.6 Å². The summed E-state index contributed by atoms with van der Waals surface area (Å²) in [6.45, 7) is 3.27. The largest absolute Gasteiger partial charge is 0.374 e. The predicted molar refractivity (Wildman–Crippen MR) is 80.7 cm³/mol. The third-order valence-electron chi connectivity index (χ3n) is 3.10. The molecule has 19 heavy (non-hydrogen) atoms. The molecule has 5 heteroatoms. The zero-order valence-electron chi connectivity index (χ0n) is 12.0. The van der Waals surface area contributed by atoms with E-state index < -0.39 is 0 Å². The molecule has 0 bridgehead atoms. The van der Waals surface area contributed by atoms with E-state index in [1.165, 1.54) is 0 Å². The quantitative estimate of drug-likeness (QED) is 0.838. The molecule has 0 saturated heterocycles. The molecule has 0 heterocycles. The van der Waals surface area contributed by atoms with Crippen LogP contribution in [0, 0.1) is 5.92 Å². The maximum Gasteiger partial charge on any atom is 0.224 e. The van der Waals surface area contributed by atoms with Crippen LogP contribution in [0.2, 0.25) is 5.02 Å². The van der Waals surface area contributed by atoms with Crippen molar-refractivity contribution in [1.82, 2.24) is 10.6 Å². The summed E-state index contributed by atoms with van der Waals surface area (Å²) in [5.41, 5.74) is 2.11. The van der Waals surface area contributed by atoms with Crippen LogP contribution in [0.5, 0.6) is 0 Å². The number of hydrogen-bond donors (Lipinski definition) is 2. The molecule has 4 nitrogen and oxygen atoms in total. The smallest absolute Gasteiger partial charge is 0.224 e. The van der Waals surface area contributed by atoms with Gasteiger partial charge in [0.25, 0.3) is 0 Å². The molecule has 0 fully saturated rings. The van der Waals surface area contributed by atoms with E-state index in [0.29, 0.717) is 13.1 Å². The first-order chi connectivity index (χ1) is 9.01. The summed E-state index contributed by atoms with van der Waals surface area (Å²) >= 11 is 6.23. The van der Waals surface area contributed by atoms with Gasteiger partial charge in [0.15, 0.2) is 0 Å². The van der Waals surface area contributed by atoms with Gasteiger partial charge in [0.1, 0.15) is 0 Å². The second-order valence-electron chi connectivity index (χ2n) is 4.66. The highest BCUT2D eigenvalue weighted by molar-refractivity contribution is 6.31. The molecule has 0 radical (unpaired) electrons. The van der Waals surface area contributed by atoms with E-state index in [2.05, 4.69) is 15.5 Å². The van der Waals surface area contributed by atoms with Crippen LogP contribution in [-0.4, -0.2) is 33.6 Å². The number of benzene rings is 1. The number of hydrogen-bond acceptors (Lipinski definition) is 3. The van der Waals surface area contributed by atoms with Crippen LogP contribution in [0.4, 0.5) is 5.69 Å². The number of halogens is 1. The van der Waals surface area contributed by atoms with E-state index in [1.807, 2.05) is 39.2 Å². The zero-order chi connectivity index (χ0) is 14.4. The summed E-state index contributed by atoms with van der Waals surface area (Å²) in [6, 6.07) is 5.83. The molecule has 1 rings (SSSR count). The summed E-state index contributed by atoms with van der Waals surface area (Å²) in [5.74, 6) is -0.0274. The first-order valence-corrected chi connectivity index (χ1v) is 6.73. The maximum absolute atomic E-state index is 11.6. The van der Waals surface area contributed by atoms with Crippen LogP contribution in [0.25, 0.3) is 0 Å². The minimum atomic E-state index is -0.0728. The Bertz CT molecular complexity index is 437. The van der Waals surface area contributed by atoms with Crippen LogP contribution < -0.4 is 15.5 Å². The van der Waals surface area contributed by atoms with Crippen LogP contribution in [0.3, 0.4) is 0 Å². The molecule has 106 valence electrons. The number of carbonyl (C=O) groups excluding carboxylic acids is 1. The molecule has 0 saturated carbocycles. The van der Waals surface area contributed by atoms with E-state index in [1.54, 1.807) is 7.05 Å².